The lowest BCUT2D eigenvalue weighted by atomic mass is 10.4. The van der Waals surface area contributed by atoms with Gasteiger partial charge < -0.3 is 15.5 Å². The highest BCUT2D eigenvalue weighted by molar-refractivity contribution is 8.00. The summed E-state index contributed by atoms with van der Waals surface area (Å²) in [5.74, 6) is 2.17. The molecule has 2 heterocycles. The van der Waals surface area contributed by atoms with E-state index in [9.17, 15) is 0 Å². The third-order valence-corrected chi connectivity index (χ3v) is 5.58. The van der Waals surface area contributed by atoms with Crippen molar-refractivity contribution in [2.24, 2.45) is 0 Å². The lowest BCUT2D eigenvalue weighted by molar-refractivity contribution is 0.865. The first kappa shape index (κ1) is 14.7. The number of aromatic nitrogens is 3. The van der Waals surface area contributed by atoms with Crippen LogP contribution in [-0.4, -0.2) is 52.1 Å². The van der Waals surface area contributed by atoms with Crippen molar-refractivity contribution in [1.29, 1.82) is 0 Å². The van der Waals surface area contributed by atoms with Crippen molar-refractivity contribution in [3.63, 3.8) is 0 Å². The zero-order valence-corrected chi connectivity index (χ0v) is 13.7. The van der Waals surface area contributed by atoms with E-state index in [1.165, 1.54) is 25.7 Å². The van der Waals surface area contributed by atoms with Crippen molar-refractivity contribution in [1.82, 2.24) is 15.0 Å². The standard InChI is InChI=1S/C14H24N6S/c1-3-15-11-17-12(16-10-14(21-2)6-7-14)19-13(18-11)20-8-4-5-9-20/h3-10H2,1-2H3,(H2,15,16,17,18,19). The Labute approximate surface area is 130 Å². The number of hydrogen-bond acceptors (Lipinski definition) is 7. The van der Waals surface area contributed by atoms with Crippen LogP contribution in [-0.2, 0) is 0 Å². The predicted octanol–water partition coefficient (Wildman–Crippen LogP) is 2.21. The van der Waals surface area contributed by atoms with Crippen LogP contribution in [0.3, 0.4) is 0 Å². The van der Waals surface area contributed by atoms with Crippen molar-refractivity contribution in [3.05, 3.63) is 0 Å². The molecule has 1 aliphatic carbocycles. The monoisotopic (exact) mass is 308 g/mol. The molecule has 1 saturated heterocycles. The fourth-order valence-electron chi connectivity index (χ4n) is 2.57. The van der Waals surface area contributed by atoms with E-state index in [2.05, 4.69) is 43.7 Å². The smallest absolute Gasteiger partial charge is 0.231 e. The van der Waals surface area contributed by atoms with E-state index < -0.39 is 0 Å². The van der Waals surface area contributed by atoms with Gasteiger partial charge in [0.2, 0.25) is 17.8 Å². The molecule has 1 aromatic rings. The molecule has 3 rings (SSSR count). The van der Waals surface area contributed by atoms with Gasteiger partial charge in [-0.25, -0.2) is 0 Å². The number of rotatable bonds is 7. The van der Waals surface area contributed by atoms with E-state index in [4.69, 9.17) is 0 Å². The van der Waals surface area contributed by atoms with Gasteiger partial charge in [-0.15, -0.1) is 0 Å². The van der Waals surface area contributed by atoms with Gasteiger partial charge in [-0.2, -0.15) is 26.7 Å². The van der Waals surface area contributed by atoms with Crippen LogP contribution in [0.25, 0.3) is 0 Å². The van der Waals surface area contributed by atoms with Crippen LogP contribution in [0.15, 0.2) is 0 Å². The van der Waals surface area contributed by atoms with Gasteiger partial charge in [-0.3, -0.25) is 0 Å². The van der Waals surface area contributed by atoms with Gasteiger partial charge in [0.05, 0.1) is 0 Å². The highest BCUT2D eigenvalue weighted by atomic mass is 32.2. The number of anilines is 3. The maximum Gasteiger partial charge on any atom is 0.231 e. The number of thioether (sulfide) groups is 1. The fourth-order valence-corrected chi connectivity index (χ4v) is 3.30. The predicted molar refractivity (Wildman–Crippen MR) is 89.4 cm³/mol. The van der Waals surface area contributed by atoms with Crippen LogP contribution in [0.4, 0.5) is 17.8 Å². The van der Waals surface area contributed by atoms with Crippen molar-refractivity contribution in [3.8, 4) is 0 Å². The molecule has 7 heteroatoms. The summed E-state index contributed by atoms with van der Waals surface area (Å²) < 4.78 is 0.402. The zero-order valence-electron chi connectivity index (χ0n) is 12.9. The summed E-state index contributed by atoms with van der Waals surface area (Å²) in [6.45, 7) is 5.90. The molecule has 21 heavy (non-hydrogen) atoms. The van der Waals surface area contributed by atoms with E-state index >= 15 is 0 Å². The topological polar surface area (TPSA) is 66.0 Å². The fraction of sp³-hybridized carbons (Fsp3) is 0.786. The molecule has 1 saturated carbocycles. The van der Waals surface area contributed by atoms with Gasteiger partial charge in [0.25, 0.3) is 0 Å². The maximum atomic E-state index is 4.61. The quantitative estimate of drug-likeness (QED) is 0.800. The number of nitrogens with one attached hydrogen (secondary N) is 2. The molecule has 1 aromatic heterocycles. The van der Waals surface area contributed by atoms with Crippen LogP contribution in [0.5, 0.6) is 0 Å². The Kier molecular flexibility index (Phi) is 4.37. The van der Waals surface area contributed by atoms with Crippen LogP contribution in [0.1, 0.15) is 32.6 Å². The van der Waals surface area contributed by atoms with Crippen molar-refractivity contribution in [2.45, 2.75) is 37.4 Å². The van der Waals surface area contributed by atoms with Gasteiger partial charge in [-0.05, 0) is 38.9 Å². The van der Waals surface area contributed by atoms with Gasteiger partial charge in [0.15, 0.2) is 0 Å². The molecule has 0 aromatic carbocycles. The molecule has 6 nitrogen and oxygen atoms in total. The van der Waals surface area contributed by atoms with Crippen molar-refractivity contribution < 1.29 is 0 Å². The number of hydrogen-bond donors (Lipinski definition) is 2. The molecular weight excluding hydrogens is 284 g/mol. The molecule has 0 amide bonds. The molecule has 0 spiro atoms. The highest BCUT2D eigenvalue weighted by Crippen LogP contribution is 2.46. The molecule has 2 fully saturated rings. The van der Waals surface area contributed by atoms with Gasteiger partial charge in [0.1, 0.15) is 0 Å². The first-order valence-corrected chi connectivity index (χ1v) is 9.01. The van der Waals surface area contributed by atoms with Crippen LogP contribution < -0.4 is 15.5 Å². The maximum absolute atomic E-state index is 4.61. The second-order valence-electron chi connectivity index (χ2n) is 5.75. The first-order valence-electron chi connectivity index (χ1n) is 7.78. The second-order valence-corrected chi connectivity index (χ2v) is 7.02. The summed E-state index contributed by atoms with van der Waals surface area (Å²) in [7, 11) is 0. The summed E-state index contributed by atoms with van der Waals surface area (Å²) in [6.07, 6.45) is 7.19. The minimum Gasteiger partial charge on any atom is -0.354 e. The van der Waals surface area contributed by atoms with Gasteiger partial charge in [0, 0.05) is 30.9 Å². The third kappa shape index (κ3) is 3.51. The minimum absolute atomic E-state index is 0.402. The summed E-state index contributed by atoms with van der Waals surface area (Å²) in [4.78, 5) is 15.9. The Morgan fingerprint density at radius 2 is 1.76 bits per heavy atom. The van der Waals surface area contributed by atoms with Crippen LogP contribution >= 0.6 is 11.8 Å². The summed E-state index contributed by atoms with van der Waals surface area (Å²) in [6, 6.07) is 0. The summed E-state index contributed by atoms with van der Waals surface area (Å²) >= 11 is 1.94. The van der Waals surface area contributed by atoms with Crippen molar-refractivity contribution in [2.75, 3.05) is 48.0 Å². The Bertz CT molecular complexity index is 484. The van der Waals surface area contributed by atoms with Gasteiger partial charge in [-0.1, -0.05) is 0 Å². The Morgan fingerprint density at radius 3 is 2.33 bits per heavy atom. The van der Waals surface area contributed by atoms with Crippen LogP contribution in [0.2, 0.25) is 0 Å². The van der Waals surface area contributed by atoms with E-state index in [0.717, 1.165) is 32.1 Å². The van der Waals surface area contributed by atoms with Gasteiger partial charge >= 0.3 is 0 Å². The molecule has 0 unspecified atom stereocenters. The van der Waals surface area contributed by atoms with E-state index in [-0.39, 0.29) is 0 Å². The van der Waals surface area contributed by atoms with E-state index in [1.54, 1.807) is 0 Å². The third-order valence-electron chi connectivity index (χ3n) is 4.16. The molecule has 116 valence electrons. The first-order chi connectivity index (χ1) is 10.2. The Morgan fingerprint density at radius 1 is 1.10 bits per heavy atom. The Balaban J connectivity index is 1.74. The lowest BCUT2D eigenvalue weighted by Crippen LogP contribution is -2.24. The average molecular weight is 308 g/mol. The Hall–Kier alpha value is -1.24. The highest BCUT2D eigenvalue weighted by Gasteiger charge is 2.41. The van der Waals surface area contributed by atoms with Crippen LogP contribution in [0, 0.1) is 0 Å². The average Bonchev–Trinajstić information content (AvgIpc) is 3.07. The second kappa shape index (κ2) is 6.25. The largest absolute Gasteiger partial charge is 0.354 e. The van der Waals surface area contributed by atoms with Crippen molar-refractivity contribution >= 4 is 29.6 Å². The molecule has 0 bridgehead atoms. The normalized spacial score (nSPS) is 19.6. The zero-order chi connectivity index (χ0) is 14.7. The molecule has 0 radical (unpaired) electrons. The molecular formula is C14H24N6S. The van der Waals surface area contributed by atoms with E-state index in [1.807, 2.05) is 11.8 Å². The molecule has 1 aliphatic heterocycles. The SMILES string of the molecule is CCNc1nc(NCC2(SC)CC2)nc(N2CCCC2)n1. The molecule has 2 aliphatic rings. The summed E-state index contributed by atoms with van der Waals surface area (Å²) in [5.41, 5.74) is 0. The molecule has 2 N–H and O–H groups in total. The number of nitrogens with zero attached hydrogens (tertiary/aromatic N) is 4. The minimum atomic E-state index is 0.402. The molecule has 0 atom stereocenters. The lowest BCUT2D eigenvalue weighted by Gasteiger charge is -2.18. The summed E-state index contributed by atoms with van der Waals surface area (Å²) in [5, 5.41) is 6.62. The van der Waals surface area contributed by atoms with E-state index in [0.29, 0.717) is 16.6 Å².